The van der Waals surface area contributed by atoms with Gasteiger partial charge in [-0.2, -0.15) is 0 Å². The number of carbonyl (C=O) groups excluding carboxylic acids is 2. The monoisotopic (exact) mass is 224 g/mol. The van der Waals surface area contributed by atoms with Crippen LogP contribution >= 0.6 is 0 Å². The van der Waals surface area contributed by atoms with E-state index in [1.165, 1.54) is 13.8 Å². The van der Waals surface area contributed by atoms with Crippen LogP contribution in [0, 0.1) is 0 Å². The number of ketones is 1. The van der Waals surface area contributed by atoms with Crippen molar-refractivity contribution >= 4 is 11.7 Å². The van der Waals surface area contributed by atoms with Gasteiger partial charge in [-0.3, -0.25) is 9.59 Å². The van der Waals surface area contributed by atoms with E-state index in [4.69, 9.17) is 0 Å². The van der Waals surface area contributed by atoms with E-state index >= 15 is 0 Å². The van der Waals surface area contributed by atoms with Crippen LogP contribution in [0.5, 0.6) is 0 Å². The molecule has 1 aromatic rings. The molecular formula is C11H16N2O3. The van der Waals surface area contributed by atoms with E-state index in [-0.39, 0.29) is 11.7 Å². The molecule has 1 heterocycles. The lowest BCUT2D eigenvalue weighted by Crippen LogP contribution is -2.47. The Morgan fingerprint density at radius 1 is 1.50 bits per heavy atom. The highest BCUT2D eigenvalue weighted by molar-refractivity contribution is 5.96. The van der Waals surface area contributed by atoms with Crippen LogP contribution in [0.4, 0.5) is 0 Å². The predicted octanol–water partition coefficient (Wildman–Crippen LogP) is 0.0933. The quantitative estimate of drug-likeness (QED) is 0.761. The first-order valence-corrected chi connectivity index (χ1v) is 5.04. The number of aliphatic hydroxyl groups is 1. The number of rotatable bonds is 4. The number of aromatic nitrogens is 1. The molecule has 0 radical (unpaired) electrons. The Bertz CT molecular complexity index is 396. The molecule has 88 valence electrons. The van der Waals surface area contributed by atoms with E-state index in [1.54, 1.807) is 29.9 Å². The van der Waals surface area contributed by atoms with E-state index in [0.717, 1.165) is 0 Å². The SMILES string of the molecule is CC(=O)[C@H](NC(=O)c1cccn1C)[C@H](C)O. The van der Waals surface area contributed by atoms with Crippen LogP contribution in [0.15, 0.2) is 18.3 Å². The van der Waals surface area contributed by atoms with Crippen LogP contribution in [0.25, 0.3) is 0 Å². The Morgan fingerprint density at radius 2 is 2.12 bits per heavy atom. The zero-order chi connectivity index (χ0) is 12.3. The Morgan fingerprint density at radius 3 is 2.50 bits per heavy atom. The van der Waals surface area contributed by atoms with Crippen molar-refractivity contribution < 1.29 is 14.7 Å². The van der Waals surface area contributed by atoms with Crippen molar-refractivity contribution in [2.24, 2.45) is 7.05 Å². The fourth-order valence-corrected chi connectivity index (χ4v) is 1.47. The molecule has 0 aliphatic heterocycles. The molecule has 0 unspecified atom stereocenters. The van der Waals surface area contributed by atoms with Crippen LogP contribution in [0.3, 0.4) is 0 Å². The molecule has 0 fully saturated rings. The number of carbonyl (C=O) groups is 2. The summed E-state index contributed by atoms with van der Waals surface area (Å²) in [5.74, 6) is -0.633. The van der Waals surface area contributed by atoms with Gasteiger partial charge >= 0.3 is 0 Å². The van der Waals surface area contributed by atoms with Crippen molar-refractivity contribution in [2.75, 3.05) is 0 Å². The van der Waals surface area contributed by atoms with Crippen LogP contribution in [-0.4, -0.2) is 33.5 Å². The van der Waals surface area contributed by atoms with Gasteiger partial charge in [0.2, 0.25) is 0 Å². The summed E-state index contributed by atoms with van der Waals surface area (Å²) in [7, 11) is 1.74. The van der Waals surface area contributed by atoms with Crippen molar-refractivity contribution in [1.29, 1.82) is 0 Å². The second kappa shape index (κ2) is 4.94. The molecule has 1 amide bonds. The first-order chi connectivity index (χ1) is 7.43. The highest BCUT2D eigenvalue weighted by Gasteiger charge is 2.23. The third kappa shape index (κ3) is 2.70. The van der Waals surface area contributed by atoms with Crippen molar-refractivity contribution in [1.82, 2.24) is 9.88 Å². The van der Waals surface area contributed by atoms with E-state index in [9.17, 15) is 14.7 Å². The van der Waals surface area contributed by atoms with Gasteiger partial charge < -0.3 is 15.0 Å². The molecule has 2 atom stereocenters. The number of aryl methyl sites for hydroxylation is 1. The van der Waals surface area contributed by atoms with E-state index in [2.05, 4.69) is 5.32 Å². The molecule has 16 heavy (non-hydrogen) atoms. The summed E-state index contributed by atoms with van der Waals surface area (Å²) < 4.78 is 1.65. The minimum absolute atomic E-state index is 0.266. The second-order valence-electron chi connectivity index (χ2n) is 3.81. The third-order valence-electron chi connectivity index (χ3n) is 2.38. The predicted molar refractivity (Wildman–Crippen MR) is 59.0 cm³/mol. The van der Waals surface area contributed by atoms with Gasteiger partial charge in [0.25, 0.3) is 5.91 Å². The van der Waals surface area contributed by atoms with E-state index in [0.29, 0.717) is 5.69 Å². The number of Topliss-reactive ketones (excluding diaryl/α,β-unsaturated/α-hetero) is 1. The van der Waals surface area contributed by atoms with Gasteiger partial charge in [-0.1, -0.05) is 0 Å². The van der Waals surface area contributed by atoms with Crippen molar-refractivity contribution in [2.45, 2.75) is 26.0 Å². The average molecular weight is 224 g/mol. The second-order valence-corrected chi connectivity index (χ2v) is 3.81. The zero-order valence-electron chi connectivity index (χ0n) is 9.60. The maximum Gasteiger partial charge on any atom is 0.268 e. The number of nitrogens with one attached hydrogen (secondary N) is 1. The maximum atomic E-state index is 11.8. The number of aliphatic hydroxyl groups excluding tert-OH is 1. The lowest BCUT2D eigenvalue weighted by Gasteiger charge is -2.18. The lowest BCUT2D eigenvalue weighted by molar-refractivity contribution is -0.121. The third-order valence-corrected chi connectivity index (χ3v) is 2.38. The fraction of sp³-hybridized carbons (Fsp3) is 0.455. The summed E-state index contributed by atoms with van der Waals surface area (Å²) in [4.78, 5) is 22.9. The lowest BCUT2D eigenvalue weighted by atomic mass is 10.1. The van der Waals surface area contributed by atoms with Crippen molar-refractivity contribution in [3.8, 4) is 0 Å². The van der Waals surface area contributed by atoms with E-state index < -0.39 is 12.1 Å². The fourth-order valence-electron chi connectivity index (χ4n) is 1.47. The van der Waals surface area contributed by atoms with Gasteiger partial charge in [0.15, 0.2) is 5.78 Å². The topological polar surface area (TPSA) is 71.3 Å². The maximum absolute atomic E-state index is 11.8. The molecule has 0 saturated carbocycles. The van der Waals surface area contributed by atoms with Gasteiger partial charge in [0.05, 0.1) is 6.10 Å². The molecule has 0 spiro atoms. The molecular weight excluding hydrogens is 208 g/mol. The van der Waals surface area contributed by atoms with Gasteiger partial charge in [0.1, 0.15) is 11.7 Å². The van der Waals surface area contributed by atoms with Gasteiger partial charge in [-0.05, 0) is 26.0 Å². The number of nitrogens with zero attached hydrogens (tertiary/aromatic N) is 1. The van der Waals surface area contributed by atoms with Crippen LogP contribution < -0.4 is 5.32 Å². The molecule has 0 bridgehead atoms. The molecule has 0 saturated heterocycles. The van der Waals surface area contributed by atoms with Gasteiger partial charge in [-0.25, -0.2) is 0 Å². The van der Waals surface area contributed by atoms with Gasteiger partial charge in [0, 0.05) is 13.2 Å². The molecule has 0 aliphatic carbocycles. The van der Waals surface area contributed by atoms with Crippen LogP contribution in [-0.2, 0) is 11.8 Å². The summed E-state index contributed by atoms with van der Waals surface area (Å²) in [6.45, 7) is 2.81. The largest absolute Gasteiger partial charge is 0.391 e. The summed E-state index contributed by atoms with van der Waals surface area (Å²) in [6.07, 6.45) is 0.835. The first-order valence-electron chi connectivity index (χ1n) is 5.04. The molecule has 2 N–H and O–H groups in total. The summed E-state index contributed by atoms with van der Waals surface area (Å²) in [5, 5.41) is 11.9. The Hall–Kier alpha value is -1.62. The Balaban J connectivity index is 2.77. The summed E-state index contributed by atoms with van der Waals surface area (Å²) >= 11 is 0. The molecule has 1 aromatic heterocycles. The molecule has 5 nitrogen and oxygen atoms in total. The Labute approximate surface area is 94.1 Å². The number of amides is 1. The smallest absolute Gasteiger partial charge is 0.268 e. The standard InChI is InChI=1S/C11H16N2O3/c1-7(14)10(8(2)15)12-11(16)9-5-4-6-13(9)3/h4-7,10,14H,1-3H3,(H,12,16)/t7-,10+/m0/s1. The van der Waals surface area contributed by atoms with Crippen LogP contribution in [0.2, 0.25) is 0 Å². The highest BCUT2D eigenvalue weighted by Crippen LogP contribution is 2.02. The highest BCUT2D eigenvalue weighted by atomic mass is 16.3. The molecule has 0 aliphatic rings. The summed E-state index contributed by atoms with van der Waals surface area (Å²) in [5.41, 5.74) is 0.451. The van der Waals surface area contributed by atoms with Crippen molar-refractivity contribution in [3.05, 3.63) is 24.0 Å². The normalized spacial score (nSPS) is 14.2. The van der Waals surface area contributed by atoms with Gasteiger partial charge in [-0.15, -0.1) is 0 Å². The number of hydrogen-bond donors (Lipinski definition) is 2. The minimum atomic E-state index is -0.901. The van der Waals surface area contributed by atoms with E-state index in [1.807, 2.05) is 0 Å². The molecule has 5 heteroatoms. The molecule has 1 rings (SSSR count). The zero-order valence-corrected chi connectivity index (χ0v) is 9.60. The first kappa shape index (κ1) is 12.4. The summed E-state index contributed by atoms with van der Waals surface area (Å²) in [6, 6.07) is 2.52. The number of hydrogen-bond acceptors (Lipinski definition) is 3. The average Bonchev–Trinajstić information content (AvgIpc) is 2.59. The minimum Gasteiger partial charge on any atom is -0.391 e. The Kier molecular flexibility index (Phi) is 3.84. The van der Waals surface area contributed by atoms with Crippen molar-refractivity contribution in [3.63, 3.8) is 0 Å². The van der Waals surface area contributed by atoms with Crippen LogP contribution in [0.1, 0.15) is 24.3 Å². The molecule has 0 aromatic carbocycles.